The quantitative estimate of drug-likeness (QED) is 0.0456. The molecule has 0 aromatic carbocycles. The number of esters is 2. The fourth-order valence-corrected chi connectivity index (χ4v) is 4.71. The molecule has 0 aliphatic rings. The number of aliphatic hydroxyl groups is 1. The molecular formula is C40H68O5. The van der Waals surface area contributed by atoms with Crippen LogP contribution in [0.2, 0.25) is 0 Å². The summed E-state index contributed by atoms with van der Waals surface area (Å²) in [6, 6.07) is 0. The molecular weight excluding hydrogens is 560 g/mol. The molecule has 0 aliphatic carbocycles. The van der Waals surface area contributed by atoms with E-state index in [1.807, 2.05) is 0 Å². The Labute approximate surface area is 277 Å². The molecule has 0 fully saturated rings. The van der Waals surface area contributed by atoms with Crippen molar-refractivity contribution in [2.75, 3.05) is 13.2 Å². The normalized spacial score (nSPS) is 12.9. The van der Waals surface area contributed by atoms with Crippen LogP contribution in [0.4, 0.5) is 0 Å². The van der Waals surface area contributed by atoms with Gasteiger partial charge in [-0.1, -0.05) is 126 Å². The molecule has 0 bridgehead atoms. The number of aliphatic hydroxyl groups excluding tert-OH is 1. The molecule has 0 rings (SSSR count). The largest absolute Gasteiger partial charge is 0.462 e. The van der Waals surface area contributed by atoms with Gasteiger partial charge in [-0.2, -0.15) is 0 Å². The van der Waals surface area contributed by atoms with Gasteiger partial charge in [-0.05, 0) is 83.5 Å². The SMILES string of the molecule is CCCCC/C=C/C/C=C/C/C=C/C/C=C/CCCCCC(=O)OC[C@H](CO)OC(=O)CCCCCCC/C=C/CCCCC. The Hall–Kier alpha value is -2.40. The fourth-order valence-electron chi connectivity index (χ4n) is 4.71. The lowest BCUT2D eigenvalue weighted by Gasteiger charge is -2.15. The van der Waals surface area contributed by atoms with E-state index < -0.39 is 6.10 Å². The van der Waals surface area contributed by atoms with Gasteiger partial charge in [0.05, 0.1) is 6.61 Å². The van der Waals surface area contributed by atoms with E-state index >= 15 is 0 Å². The number of hydrogen-bond donors (Lipinski definition) is 1. The van der Waals surface area contributed by atoms with Crippen molar-refractivity contribution in [1.29, 1.82) is 0 Å². The summed E-state index contributed by atoms with van der Waals surface area (Å²) in [4.78, 5) is 24.2. The number of carbonyl (C=O) groups is 2. The second-order valence-electron chi connectivity index (χ2n) is 11.9. The molecule has 1 atom stereocenters. The van der Waals surface area contributed by atoms with Crippen LogP contribution in [0.1, 0.15) is 162 Å². The molecule has 0 unspecified atom stereocenters. The summed E-state index contributed by atoms with van der Waals surface area (Å²) in [5.41, 5.74) is 0. The molecule has 0 aromatic heterocycles. The molecule has 0 aliphatic heterocycles. The van der Waals surface area contributed by atoms with E-state index in [1.54, 1.807) is 0 Å². The zero-order valence-electron chi connectivity index (χ0n) is 29.1. The maximum absolute atomic E-state index is 12.1. The predicted molar refractivity (Wildman–Crippen MR) is 191 cm³/mol. The Bertz CT molecular complexity index is 808. The molecule has 0 radical (unpaired) electrons. The van der Waals surface area contributed by atoms with E-state index in [-0.39, 0.29) is 25.2 Å². The minimum absolute atomic E-state index is 0.0880. The van der Waals surface area contributed by atoms with Gasteiger partial charge in [0, 0.05) is 12.8 Å². The molecule has 0 spiro atoms. The predicted octanol–water partition coefficient (Wildman–Crippen LogP) is 11.2. The Kier molecular flexibility index (Phi) is 34.1. The second kappa shape index (κ2) is 36.1. The van der Waals surface area contributed by atoms with Crippen molar-refractivity contribution in [2.45, 2.75) is 168 Å². The third-order valence-electron chi connectivity index (χ3n) is 7.53. The zero-order valence-corrected chi connectivity index (χ0v) is 29.1. The summed E-state index contributed by atoms with van der Waals surface area (Å²) in [5.74, 6) is -0.644. The van der Waals surface area contributed by atoms with Crippen LogP contribution >= 0.6 is 0 Å². The average molecular weight is 629 g/mol. The standard InChI is InChI=1S/C40H68O5/c1-3-5-7-9-11-13-15-17-18-19-20-21-22-23-25-26-28-30-32-34-39(42)44-37-38(36-41)45-40(43)35-33-31-29-27-24-16-14-12-10-8-6-4-2/h11-14,17-18,20-21,23,25,38,41H,3-10,15-16,19,22,24,26-37H2,1-2H3/b13-11+,14-12+,18-17+,21-20+,25-23+/t38-/m0/s1. The minimum atomic E-state index is -0.789. The number of hydrogen-bond acceptors (Lipinski definition) is 5. The maximum Gasteiger partial charge on any atom is 0.306 e. The van der Waals surface area contributed by atoms with Gasteiger partial charge in [0.2, 0.25) is 0 Å². The lowest BCUT2D eigenvalue weighted by atomic mass is 10.1. The van der Waals surface area contributed by atoms with Gasteiger partial charge in [0.1, 0.15) is 6.61 Å². The van der Waals surface area contributed by atoms with Crippen LogP contribution in [0.15, 0.2) is 60.8 Å². The van der Waals surface area contributed by atoms with Crippen molar-refractivity contribution in [2.24, 2.45) is 0 Å². The topological polar surface area (TPSA) is 72.8 Å². The second-order valence-corrected chi connectivity index (χ2v) is 11.9. The number of rotatable bonds is 32. The number of unbranched alkanes of at least 4 members (excludes halogenated alkanes) is 14. The molecule has 0 saturated carbocycles. The number of ether oxygens (including phenoxy) is 2. The van der Waals surface area contributed by atoms with Crippen LogP contribution in [0.3, 0.4) is 0 Å². The highest BCUT2D eigenvalue weighted by Crippen LogP contribution is 2.11. The molecule has 0 saturated heterocycles. The van der Waals surface area contributed by atoms with Crippen molar-refractivity contribution in [3.05, 3.63) is 60.8 Å². The van der Waals surface area contributed by atoms with Gasteiger partial charge >= 0.3 is 11.9 Å². The van der Waals surface area contributed by atoms with Crippen LogP contribution in [-0.2, 0) is 19.1 Å². The lowest BCUT2D eigenvalue weighted by molar-refractivity contribution is -0.161. The summed E-state index contributed by atoms with van der Waals surface area (Å²) in [6.07, 6.45) is 45.6. The number of allylic oxidation sites excluding steroid dienone is 10. The van der Waals surface area contributed by atoms with E-state index in [0.29, 0.717) is 12.8 Å². The summed E-state index contributed by atoms with van der Waals surface area (Å²) < 4.78 is 10.5. The molecule has 5 heteroatoms. The van der Waals surface area contributed by atoms with Crippen molar-refractivity contribution in [3.63, 3.8) is 0 Å². The highest BCUT2D eigenvalue weighted by atomic mass is 16.6. The highest BCUT2D eigenvalue weighted by molar-refractivity contribution is 5.70. The third-order valence-corrected chi connectivity index (χ3v) is 7.53. The third kappa shape index (κ3) is 34.3. The molecule has 45 heavy (non-hydrogen) atoms. The lowest BCUT2D eigenvalue weighted by Crippen LogP contribution is -2.28. The first kappa shape index (κ1) is 42.6. The molecule has 5 nitrogen and oxygen atoms in total. The van der Waals surface area contributed by atoms with Crippen LogP contribution in [0, 0.1) is 0 Å². The summed E-state index contributed by atoms with van der Waals surface area (Å²) >= 11 is 0. The molecule has 0 heterocycles. The van der Waals surface area contributed by atoms with Crippen molar-refractivity contribution in [3.8, 4) is 0 Å². The first-order valence-corrected chi connectivity index (χ1v) is 18.3. The summed E-state index contributed by atoms with van der Waals surface area (Å²) in [5, 5.41) is 9.52. The van der Waals surface area contributed by atoms with Crippen molar-refractivity contribution < 1.29 is 24.2 Å². The Morgan fingerprint density at radius 3 is 1.38 bits per heavy atom. The van der Waals surface area contributed by atoms with Crippen LogP contribution in [0.25, 0.3) is 0 Å². The summed E-state index contributed by atoms with van der Waals surface area (Å²) in [7, 11) is 0. The van der Waals surface area contributed by atoms with E-state index in [9.17, 15) is 14.7 Å². The van der Waals surface area contributed by atoms with Gasteiger partial charge in [0.25, 0.3) is 0 Å². The average Bonchev–Trinajstić information content (AvgIpc) is 3.04. The number of carbonyl (C=O) groups excluding carboxylic acids is 2. The van der Waals surface area contributed by atoms with Gasteiger partial charge in [-0.25, -0.2) is 0 Å². The van der Waals surface area contributed by atoms with Crippen LogP contribution < -0.4 is 0 Å². The first-order chi connectivity index (χ1) is 22.1. The van der Waals surface area contributed by atoms with Gasteiger partial charge in [-0.3, -0.25) is 9.59 Å². The Morgan fingerprint density at radius 2 is 0.889 bits per heavy atom. The molecule has 0 amide bonds. The van der Waals surface area contributed by atoms with Gasteiger partial charge in [-0.15, -0.1) is 0 Å². The van der Waals surface area contributed by atoms with Crippen LogP contribution in [0.5, 0.6) is 0 Å². The molecule has 258 valence electrons. The monoisotopic (exact) mass is 629 g/mol. The van der Waals surface area contributed by atoms with Gasteiger partial charge in [0.15, 0.2) is 6.10 Å². The summed E-state index contributed by atoms with van der Waals surface area (Å²) in [6.45, 7) is 4.03. The highest BCUT2D eigenvalue weighted by Gasteiger charge is 2.16. The smallest absolute Gasteiger partial charge is 0.306 e. The van der Waals surface area contributed by atoms with E-state index in [1.165, 1.54) is 64.2 Å². The molecule has 1 N–H and O–H groups in total. The maximum atomic E-state index is 12.1. The Balaban J connectivity index is 3.68. The first-order valence-electron chi connectivity index (χ1n) is 18.3. The molecule has 0 aromatic rings. The van der Waals surface area contributed by atoms with E-state index in [2.05, 4.69) is 74.6 Å². The van der Waals surface area contributed by atoms with Crippen molar-refractivity contribution in [1.82, 2.24) is 0 Å². The Morgan fingerprint density at radius 1 is 0.511 bits per heavy atom. The zero-order chi connectivity index (χ0) is 32.9. The van der Waals surface area contributed by atoms with E-state index in [4.69, 9.17) is 9.47 Å². The van der Waals surface area contributed by atoms with Crippen molar-refractivity contribution >= 4 is 11.9 Å². The van der Waals surface area contributed by atoms with Gasteiger partial charge < -0.3 is 14.6 Å². The van der Waals surface area contributed by atoms with Crippen LogP contribution in [-0.4, -0.2) is 36.4 Å². The fraction of sp³-hybridized carbons (Fsp3) is 0.700. The van der Waals surface area contributed by atoms with E-state index in [0.717, 1.165) is 70.6 Å². The minimum Gasteiger partial charge on any atom is -0.462 e.